The lowest BCUT2D eigenvalue weighted by atomic mass is 10.1. The van der Waals surface area contributed by atoms with Gasteiger partial charge in [-0.15, -0.1) is 0 Å². The Labute approximate surface area is 141 Å². The van der Waals surface area contributed by atoms with Crippen LogP contribution in [0.2, 0.25) is 0 Å². The molecule has 0 aromatic heterocycles. The van der Waals surface area contributed by atoms with Gasteiger partial charge in [-0.2, -0.15) is 12.6 Å². The second-order valence-corrected chi connectivity index (χ2v) is 6.31. The first kappa shape index (κ1) is 21.0. The highest BCUT2D eigenvalue weighted by atomic mass is 32.1. The molecule has 4 heteroatoms. The molecule has 2 N–H and O–H groups in total. The number of aliphatic carboxylic acids is 1. The monoisotopic (exact) mass is 325 g/mol. The van der Waals surface area contributed by atoms with E-state index in [0.29, 0.717) is 12.3 Å². The van der Waals surface area contributed by atoms with Gasteiger partial charge in [-0.05, 0) is 53.4 Å². The van der Waals surface area contributed by atoms with E-state index >= 15 is 0 Å². The summed E-state index contributed by atoms with van der Waals surface area (Å²) >= 11 is 4.02. The Morgan fingerprint density at radius 3 is 2.09 bits per heavy atom. The zero-order chi connectivity index (χ0) is 17.0. The van der Waals surface area contributed by atoms with E-state index in [4.69, 9.17) is 5.11 Å². The van der Waals surface area contributed by atoms with E-state index in [2.05, 4.69) is 63.9 Å². The maximum atomic E-state index is 10.8. The average Bonchev–Trinajstić information content (AvgIpc) is 2.42. The summed E-state index contributed by atoms with van der Waals surface area (Å²) in [6, 6.07) is -0.579. The molecule has 0 aromatic rings. The molecule has 0 bridgehead atoms. The highest BCUT2D eigenvalue weighted by molar-refractivity contribution is 7.80. The van der Waals surface area contributed by atoms with E-state index in [1.54, 1.807) is 0 Å². The summed E-state index contributed by atoms with van der Waals surface area (Å²) in [6.07, 6.45) is 10.9. The van der Waals surface area contributed by atoms with Crippen molar-refractivity contribution in [2.45, 2.75) is 59.4 Å². The first-order valence-corrected chi connectivity index (χ1v) is 8.51. The Balaban J connectivity index is 4.01. The van der Waals surface area contributed by atoms with Crippen LogP contribution in [0.5, 0.6) is 0 Å². The van der Waals surface area contributed by atoms with Crippen molar-refractivity contribution in [3.05, 3.63) is 34.9 Å². The number of thiol groups is 1. The van der Waals surface area contributed by atoms with Gasteiger partial charge in [0.15, 0.2) is 0 Å². The SMILES string of the molecule is CC(C)=CCCC(C)=CCCC(C)=CCN[C@H](CS)C(=O)O. The topological polar surface area (TPSA) is 49.3 Å². The smallest absolute Gasteiger partial charge is 0.321 e. The van der Waals surface area contributed by atoms with Crippen LogP contribution in [0.4, 0.5) is 0 Å². The number of hydrogen-bond donors (Lipinski definition) is 3. The van der Waals surface area contributed by atoms with E-state index < -0.39 is 12.0 Å². The molecular weight excluding hydrogens is 294 g/mol. The van der Waals surface area contributed by atoms with Crippen LogP contribution in [0.15, 0.2) is 34.9 Å². The van der Waals surface area contributed by atoms with Crippen molar-refractivity contribution in [1.82, 2.24) is 5.32 Å². The van der Waals surface area contributed by atoms with Gasteiger partial charge < -0.3 is 10.4 Å². The third-order valence-corrected chi connectivity index (χ3v) is 3.78. The average molecular weight is 326 g/mol. The van der Waals surface area contributed by atoms with E-state index in [9.17, 15) is 4.79 Å². The van der Waals surface area contributed by atoms with E-state index in [-0.39, 0.29) is 0 Å². The third kappa shape index (κ3) is 11.6. The van der Waals surface area contributed by atoms with Crippen LogP contribution >= 0.6 is 12.6 Å². The predicted octanol–water partition coefficient (Wildman–Crippen LogP) is 4.38. The Morgan fingerprint density at radius 2 is 1.59 bits per heavy atom. The molecule has 0 unspecified atom stereocenters. The number of nitrogens with one attached hydrogen (secondary N) is 1. The Morgan fingerprint density at radius 1 is 1.05 bits per heavy atom. The number of allylic oxidation sites excluding steroid dienone is 5. The molecule has 0 spiro atoms. The molecule has 0 rings (SSSR count). The maximum Gasteiger partial charge on any atom is 0.321 e. The summed E-state index contributed by atoms with van der Waals surface area (Å²) in [5.74, 6) is -0.550. The lowest BCUT2D eigenvalue weighted by Crippen LogP contribution is -2.38. The fraction of sp³-hybridized carbons (Fsp3) is 0.611. The summed E-state index contributed by atoms with van der Waals surface area (Å²) in [4.78, 5) is 10.8. The zero-order valence-electron chi connectivity index (χ0n) is 14.4. The molecule has 3 nitrogen and oxygen atoms in total. The number of carbonyl (C=O) groups is 1. The van der Waals surface area contributed by atoms with Crippen LogP contribution < -0.4 is 5.32 Å². The minimum atomic E-state index is -0.851. The minimum absolute atomic E-state index is 0.301. The second-order valence-electron chi connectivity index (χ2n) is 5.94. The molecule has 22 heavy (non-hydrogen) atoms. The molecule has 0 aliphatic carbocycles. The van der Waals surface area contributed by atoms with Crippen molar-refractivity contribution in [2.24, 2.45) is 0 Å². The number of rotatable bonds is 11. The minimum Gasteiger partial charge on any atom is -0.480 e. The summed E-state index contributed by atoms with van der Waals surface area (Å²) < 4.78 is 0. The van der Waals surface area contributed by atoms with Gasteiger partial charge in [-0.1, -0.05) is 34.9 Å². The van der Waals surface area contributed by atoms with Crippen LogP contribution in [0.25, 0.3) is 0 Å². The van der Waals surface area contributed by atoms with E-state index in [1.807, 2.05) is 0 Å². The van der Waals surface area contributed by atoms with Gasteiger partial charge >= 0.3 is 5.97 Å². The van der Waals surface area contributed by atoms with Crippen molar-refractivity contribution < 1.29 is 9.90 Å². The fourth-order valence-electron chi connectivity index (χ4n) is 1.94. The first-order valence-electron chi connectivity index (χ1n) is 7.88. The zero-order valence-corrected chi connectivity index (χ0v) is 15.2. The lowest BCUT2D eigenvalue weighted by molar-refractivity contribution is -0.138. The molecule has 0 heterocycles. The fourth-order valence-corrected chi connectivity index (χ4v) is 2.23. The van der Waals surface area contributed by atoms with Crippen molar-refractivity contribution in [1.29, 1.82) is 0 Å². The van der Waals surface area contributed by atoms with E-state index in [1.165, 1.54) is 16.7 Å². The number of hydrogen-bond acceptors (Lipinski definition) is 3. The quantitative estimate of drug-likeness (QED) is 0.390. The number of carboxylic acids is 1. The van der Waals surface area contributed by atoms with Gasteiger partial charge in [0.2, 0.25) is 0 Å². The molecule has 0 saturated carbocycles. The van der Waals surface area contributed by atoms with Gasteiger partial charge in [0.1, 0.15) is 6.04 Å². The van der Waals surface area contributed by atoms with Crippen molar-refractivity contribution in [3.63, 3.8) is 0 Å². The molecule has 1 atom stereocenters. The van der Waals surface area contributed by atoms with Gasteiger partial charge in [-0.25, -0.2) is 0 Å². The molecule has 0 aromatic carbocycles. The Bertz CT molecular complexity index is 421. The largest absolute Gasteiger partial charge is 0.480 e. The Kier molecular flexibility index (Phi) is 12.0. The Hall–Kier alpha value is -1.00. The van der Waals surface area contributed by atoms with Crippen molar-refractivity contribution in [2.75, 3.05) is 12.3 Å². The molecule has 0 radical (unpaired) electrons. The van der Waals surface area contributed by atoms with Gasteiger partial charge in [0, 0.05) is 12.3 Å². The summed E-state index contributed by atoms with van der Waals surface area (Å²) in [5.41, 5.74) is 4.09. The lowest BCUT2D eigenvalue weighted by Gasteiger charge is -2.10. The highest BCUT2D eigenvalue weighted by Crippen LogP contribution is 2.11. The second kappa shape index (κ2) is 12.5. The van der Waals surface area contributed by atoms with Crippen LogP contribution in [0.1, 0.15) is 53.4 Å². The predicted molar refractivity (Wildman–Crippen MR) is 98.7 cm³/mol. The molecular formula is C18H31NO2S. The van der Waals surface area contributed by atoms with Crippen LogP contribution in [0, 0.1) is 0 Å². The standard InChI is InChI=1S/C18H31NO2S/c1-14(2)7-5-8-15(3)9-6-10-16(4)11-12-19-17(13-22)18(20)21/h7,9,11,17,19,22H,5-6,8,10,12-13H2,1-4H3,(H,20,21)/t17-/m1/s1. The molecule has 126 valence electrons. The normalized spacial score (nSPS) is 13.9. The van der Waals surface area contributed by atoms with E-state index in [0.717, 1.165) is 25.7 Å². The van der Waals surface area contributed by atoms with Gasteiger partial charge in [0.25, 0.3) is 0 Å². The summed E-state index contributed by atoms with van der Waals surface area (Å²) in [7, 11) is 0. The first-order chi connectivity index (χ1) is 10.4. The van der Waals surface area contributed by atoms with Gasteiger partial charge in [-0.3, -0.25) is 4.79 Å². The summed E-state index contributed by atoms with van der Waals surface area (Å²) in [5, 5.41) is 11.9. The summed E-state index contributed by atoms with van der Waals surface area (Å²) in [6.45, 7) is 9.11. The van der Waals surface area contributed by atoms with Crippen LogP contribution in [-0.4, -0.2) is 29.4 Å². The van der Waals surface area contributed by atoms with Crippen LogP contribution in [-0.2, 0) is 4.79 Å². The van der Waals surface area contributed by atoms with Gasteiger partial charge in [0.05, 0.1) is 0 Å². The third-order valence-electron chi connectivity index (χ3n) is 3.42. The maximum absolute atomic E-state index is 10.8. The van der Waals surface area contributed by atoms with Crippen molar-refractivity contribution >= 4 is 18.6 Å². The van der Waals surface area contributed by atoms with Crippen molar-refractivity contribution in [3.8, 4) is 0 Å². The molecule has 0 aliphatic rings. The number of carboxylic acid groups (broad SMARTS) is 1. The molecule has 0 fully saturated rings. The molecule has 0 amide bonds. The molecule has 0 saturated heterocycles. The highest BCUT2D eigenvalue weighted by Gasteiger charge is 2.12. The molecule has 0 aliphatic heterocycles. The van der Waals surface area contributed by atoms with Crippen LogP contribution in [0.3, 0.4) is 0 Å².